The Morgan fingerprint density at radius 1 is 0.600 bits per heavy atom. The summed E-state index contributed by atoms with van der Waals surface area (Å²) >= 11 is 15.3. The third-order valence-electron chi connectivity index (χ3n) is 1.91. The fourth-order valence-corrected chi connectivity index (χ4v) is 1.21. The molecule has 0 aromatic heterocycles. The Labute approximate surface area is 143 Å². The number of thiocarbonyl (C=S) groups is 2. The SMILES string of the molecule is C1CNCCN1.C1CNCCN1.NC(=S)S.NC(=S)S. The van der Waals surface area contributed by atoms with E-state index in [0.717, 1.165) is 52.4 Å². The van der Waals surface area contributed by atoms with Gasteiger partial charge < -0.3 is 32.7 Å². The van der Waals surface area contributed by atoms with E-state index in [0.29, 0.717) is 0 Å². The van der Waals surface area contributed by atoms with Gasteiger partial charge in [-0.1, -0.05) is 24.4 Å². The Balaban J connectivity index is 0. The van der Waals surface area contributed by atoms with Gasteiger partial charge in [-0.2, -0.15) is 0 Å². The molecular formula is C10H26N6S4. The van der Waals surface area contributed by atoms with Crippen molar-refractivity contribution in [3.05, 3.63) is 0 Å². The largest absolute Gasteiger partial charge is 0.385 e. The number of hydrogen-bond acceptors (Lipinski definition) is 6. The molecule has 10 heteroatoms. The van der Waals surface area contributed by atoms with Crippen LogP contribution in [-0.4, -0.2) is 61.0 Å². The minimum absolute atomic E-state index is 0.194. The second kappa shape index (κ2) is 19.3. The van der Waals surface area contributed by atoms with E-state index in [2.05, 4.69) is 71.0 Å². The maximum absolute atomic E-state index is 4.71. The predicted molar refractivity (Wildman–Crippen MR) is 103 cm³/mol. The second-order valence-electron chi connectivity index (χ2n) is 3.68. The van der Waals surface area contributed by atoms with Gasteiger partial charge in [0.15, 0.2) is 0 Å². The molecule has 20 heavy (non-hydrogen) atoms. The fourth-order valence-electron chi connectivity index (χ4n) is 1.21. The summed E-state index contributed by atoms with van der Waals surface area (Å²) in [6.45, 7) is 9.11. The first-order valence-corrected chi connectivity index (χ1v) is 7.97. The molecule has 0 aromatic carbocycles. The maximum Gasteiger partial charge on any atom is 0.128 e. The molecule has 0 unspecified atom stereocenters. The van der Waals surface area contributed by atoms with Gasteiger partial charge in [-0.25, -0.2) is 0 Å². The van der Waals surface area contributed by atoms with Crippen LogP contribution < -0.4 is 32.7 Å². The van der Waals surface area contributed by atoms with Gasteiger partial charge in [0.2, 0.25) is 0 Å². The van der Waals surface area contributed by atoms with Gasteiger partial charge in [0.25, 0.3) is 0 Å². The Hall–Kier alpha value is 0.320. The van der Waals surface area contributed by atoms with Crippen LogP contribution in [0.3, 0.4) is 0 Å². The third kappa shape index (κ3) is 36.2. The summed E-state index contributed by atoms with van der Waals surface area (Å²) in [6.07, 6.45) is 0. The van der Waals surface area contributed by atoms with Crippen LogP contribution in [0.4, 0.5) is 0 Å². The van der Waals surface area contributed by atoms with Crippen molar-refractivity contribution >= 4 is 58.3 Å². The summed E-state index contributed by atoms with van der Waals surface area (Å²) in [5.74, 6) is 0. The lowest BCUT2D eigenvalue weighted by molar-refractivity contribution is 0.534. The lowest BCUT2D eigenvalue weighted by atomic mass is 10.4. The number of rotatable bonds is 0. The quantitative estimate of drug-likeness (QED) is 0.199. The molecule has 8 N–H and O–H groups in total. The average Bonchev–Trinajstić information content (AvgIpc) is 2.42. The van der Waals surface area contributed by atoms with Crippen molar-refractivity contribution in [3.8, 4) is 0 Å². The molecule has 2 heterocycles. The van der Waals surface area contributed by atoms with Gasteiger partial charge >= 0.3 is 0 Å². The number of nitrogens with one attached hydrogen (secondary N) is 4. The number of nitrogens with two attached hydrogens (primary N) is 2. The molecule has 2 rings (SSSR count). The third-order valence-corrected chi connectivity index (χ3v) is 1.91. The molecule has 6 nitrogen and oxygen atoms in total. The van der Waals surface area contributed by atoms with Crippen LogP contribution in [0.2, 0.25) is 0 Å². The highest BCUT2D eigenvalue weighted by Crippen LogP contribution is 1.66. The molecule has 0 bridgehead atoms. The van der Waals surface area contributed by atoms with Crippen molar-refractivity contribution in [2.75, 3.05) is 52.4 Å². The van der Waals surface area contributed by atoms with Crippen LogP contribution in [0.15, 0.2) is 0 Å². The zero-order valence-corrected chi connectivity index (χ0v) is 14.9. The summed E-state index contributed by atoms with van der Waals surface area (Å²) in [6, 6.07) is 0. The first kappa shape index (κ1) is 22.6. The summed E-state index contributed by atoms with van der Waals surface area (Å²) in [7, 11) is 0. The standard InChI is InChI=1S/2C4H10N2.2CH3NS2/c2*1-2-6-4-3-5-1;2*2-1(3)4/h2*5-6H,1-4H2;2*(H3,2,3,4). The van der Waals surface area contributed by atoms with Gasteiger partial charge in [0, 0.05) is 52.4 Å². The van der Waals surface area contributed by atoms with Crippen molar-refractivity contribution in [1.82, 2.24) is 21.3 Å². The van der Waals surface area contributed by atoms with E-state index >= 15 is 0 Å². The van der Waals surface area contributed by atoms with Crippen LogP contribution in [0.1, 0.15) is 0 Å². The minimum atomic E-state index is 0.194. The first-order chi connectivity index (χ1) is 9.46. The molecule has 2 saturated heterocycles. The topological polar surface area (TPSA) is 100 Å². The van der Waals surface area contributed by atoms with Crippen molar-refractivity contribution in [2.24, 2.45) is 11.5 Å². The zero-order chi connectivity index (χ0) is 15.6. The molecular weight excluding hydrogens is 332 g/mol. The van der Waals surface area contributed by atoms with E-state index < -0.39 is 0 Å². The summed E-state index contributed by atoms with van der Waals surface area (Å²) in [4.78, 5) is 0. The molecule has 120 valence electrons. The fraction of sp³-hybridized carbons (Fsp3) is 0.800. The van der Waals surface area contributed by atoms with E-state index in [1.165, 1.54) is 0 Å². The van der Waals surface area contributed by atoms with Gasteiger partial charge in [0.1, 0.15) is 8.64 Å². The summed E-state index contributed by atoms with van der Waals surface area (Å²) < 4.78 is 0.389. The molecule has 0 saturated carbocycles. The molecule has 2 aliphatic heterocycles. The van der Waals surface area contributed by atoms with E-state index in [1.54, 1.807) is 0 Å². The first-order valence-electron chi connectivity index (χ1n) is 6.26. The Kier molecular flexibility index (Phi) is 21.8. The predicted octanol–water partition coefficient (Wildman–Crippen LogP) is -1.32. The number of piperazine rings is 2. The van der Waals surface area contributed by atoms with Crippen LogP contribution in [0.25, 0.3) is 0 Å². The normalized spacial score (nSPS) is 16.9. The highest BCUT2D eigenvalue weighted by molar-refractivity contribution is 8.11. The van der Waals surface area contributed by atoms with E-state index in [-0.39, 0.29) is 8.64 Å². The smallest absolute Gasteiger partial charge is 0.128 e. The van der Waals surface area contributed by atoms with Crippen molar-refractivity contribution in [3.63, 3.8) is 0 Å². The molecule has 0 amide bonds. The minimum Gasteiger partial charge on any atom is -0.385 e. The van der Waals surface area contributed by atoms with Crippen molar-refractivity contribution in [1.29, 1.82) is 0 Å². The highest BCUT2D eigenvalue weighted by atomic mass is 32.1. The molecule has 0 aliphatic carbocycles. The lowest BCUT2D eigenvalue weighted by Crippen LogP contribution is -2.39. The monoisotopic (exact) mass is 358 g/mol. The van der Waals surface area contributed by atoms with Crippen LogP contribution in [0, 0.1) is 0 Å². The molecule has 0 radical (unpaired) electrons. The molecule has 2 fully saturated rings. The van der Waals surface area contributed by atoms with Gasteiger partial charge in [-0.3, -0.25) is 0 Å². The van der Waals surface area contributed by atoms with Gasteiger partial charge in [-0.15, -0.1) is 25.3 Å². The Bertz CT molecular complexity index is 179. The van der Waals surface area contributed by atoms with Crippen molar-refractivity contribution < 1.29 is 0 Å². The van der Waals surface area contributed by atoms with E-state index in [1.807, 2.05) is 0 Å². The molecule has 0 aromatic rings. The zero-order valence-electron chi connectivity index (χ0n) is 11.5. The van der Waals surface area contributed by atoms with Crippen LogP contribution in [0.5, 0.6) is 0 Å². The summed E-state index contributed by atoms with van der Waals surface area (Å²) in [5, 5.41) is 12.9. The Morgan fingerprint density at radius 2 is 0.700 bits per heavy atom. The van der Waals surface area contributed by atoms with Crippen LogP contribution >= 0.6 is 49.7 Å². The highest BCUT2D eigenvalue weighted by Gasteiger charge is 1.92. The lowest BCUT2D eigenvalue weighted by Gasteiger charge is -2.11. The second-order valence-corrected chi connectivity index (χ2v) is 6.12. The molecule has 0 spiro atoms. The average molecular weight is 359 g/mol. The molecule has 2 aliphatic rings. The van der Waals surface area contributed by atoms with E-state index in [9.17, 15) is 0 Å². The van der Waals surface area contributed by atoms with Crippen molar-refractivity contribution in [2.45, 2.75) is 0 Å². The van der Waals surface area contributed by atoms with Gasteiger partial charge in [-0.05, 0) is 0 Å². The molecule has 0 atom stereocenters. The number of thiol groups is 2. The maximum atomic E-state index is 4.71. The van der Waals surface area contributed by atoms with E-state index in [4.69, 9.17) is 11.5 Å². The summed E-state index contributed by atoms with van der Waals surface area (Å²) in [5.41, 5.74) is 9.41. The Morgan fingerprint density at radius 3 is 0.750 bits per heavy atom. The number of hydrogen-bond donors (Lipinski definition) is 8. The van der Waals surface area contributed by atoms with Gasteiger partial charge in [0.05, 0.1) is 0 Å². The van der Waals surface area contributed by atoms with Crippen LogP contribution in [-0.2, 0) is 0 Å².